The lowest BCUT2D eigenvalue weighted by molar-refractivity contribution is -0.144. The molecule has 0 spiro atoms. The minimum absolute atomic E-state index is 0.0272. The fourth-order valence-corrected chi connectivity index (χ4v) is 6.59. The number of carbonyl (C=O) groups excluding carboxylic acids is 2. The minimum atomic E-state index is -0.517. The molecule has 2 aromatic heterocycles. The van der Waals surface area contributed by atoms with Crippen LogP contribution in [0.1, 0.15) is 112 Å². The second-order valence-electron chi connectivity index (χ2n) is 13.8. The number of unbranched alkanes of at least 4 members (excludes halogenated alkanes) is 1. The molecule has 2 atom stereocenters. The fourth-order valence-electron chi connectivity index (χ4n) is 5.70. The van der Waals surface area contributed by atoms with Crippen molar-refractivity contribution in [3.63, 3.8) is 0 Å². The lowest BCUT2D eigenvalue weighted by Crippen LogP contribution is -2.46. The van der Waals surface area contributed by atoms with Crippen LogP contribution in [0.25, 0.3) is 11.2 Å². The third-order valence-corrected chi connectivity index (χ3v) is 9.67. The van der Waals surface area contributed by atoms with Gasteiger partial charge in [0.2, 0.25) is 0 Å². The van der Waals surface area contributed by atoms with Crippen molar-refractivity contribution < 1.29 is 23.8 Å². The lowest BCUT2D eigenvalue weighted by atomic mass is 9.80. The first-order valence-electron chi connectivity index (χ1n) is 16.9. The van der Waals surface area contributed by atoms with Gasteiger partial charge in [0.25, 0.3) is 0 Å². The van der Waals surface area contributed by atoms with Crippen LogP contribution in [0.5, 0.6) is 0 Å². The third-order valence-electron chi connectivity index (χ3n) is 8.71. The van der Waals surface area contributed by atoms with Crippen molar-refractivity contribution in [2.75, 3.05) is 43.5 Å². The van der Waals surface area contributed by atoms with Gasteiger partial charge in [-0.2, -0.15) is 5.10 Å². The summed E-state index contributed by atoms with van der Waals surface area (Å²) in [6.45, 7) is 15.5. The van der Waals surface area contributed by atoms with E-state index in [-0.39, 0.29) is 23.7 Å². The van der Waals surface area contributed by atoms with E-state index < -0.39 is 5.60 Å². The predicted octanol–water partition coefficient (Wildman–Crippen LogP) is 6.90. The molecule has 2 aliphatic rings. The second kappa shape index (κ2) is 16.3. The Morgan fingerprint density at radius 3 is 2.67 bits per heavy atom. The highest BCUT2D eigenvalue weighted by Crippen LogP contribution is 2.35. The number of rotatable bonds is 14. The predicted molar refractivity (Wildman–Crippen MR) is 178 cm³/mol. The van der Waals surface area contributed by atoms with E-state index in [1.165, 1.54) is 18.2 Å². The number of nitrogens with one attached hydrogen (secondary N) is 1. The number of thioether (sulfide) groups is 1. The number of amides is 1. The molecule has 0 saturated carbocycles. The van der Waals surface area contributed by atoms with Gasteiger partial charge < -0.3 is 24.4 Å². The number of fused-ring (bicyclic) bond motifs is 1. The summed E-state index contributed by atoms with van der Waals surface area (Å²) in [5.41, 5.74) is 0.906. The number of alkyl carbamates (subject to hydrolysis) is 1. The summed E-state index contributed by atoms with van der Waals surface area (Å²) >= 11 is 1.52. The molecule has 2 saturated heterocycles. The van der Waals surface area contributed by atoms with Crippen LogP contribution >= 0.6 is 11.8 Å². The third kappa shape index (κ3) is 10.5. The summed E-state index contributed by atoms with van der Waals surface area (Å²) in [5, 5.41) is 8.63. The molecule has 0 bridgehead atoms. The number of anilines is 1. The molecule has 2 aromatic rings. The fraction of sp³-hybridized carbons (Fsp3) is 0.788. The highest BCUT2D eigenvalue weighted by molar-refractivity contribution is 7.99. The van der Waals surface area contributed by atoms with Crippen LogP contribution in [0.15, 0.2) is 11.2 Å². The zero-order valence-corrected chi connectivity index (χ0v) is 29.0. The van der Waals surface area contributed by atoms with Crippen molar-refractivity contribution in [1.82, 2.24) is 25.1 Å². The number of hydrogen-bond donors (Lipinski definition) is 1. The second-order valence-corrected chi connectivity index (χ2v) is 14.9. The van der Waals surface area contributed by atoms with Crippen LogP contribution in [0.2, 0.25) is 0 Å². The number of hydrogen-bond acceptors (Lipinski definition) is 10. The van der Waals surface area contributed by atoms with Crippen LogP contribution in [0.4, 0.5) is 10.6 Å². The first-order chi connectivity index (χ1) is 21.5. The van der Waals surface area contributed by atoms with E-state index in [4.69, 9.17) is 29.3 Å². The first kappa shape index (κ1) is 35.3. The maximum Gasteiger partial charge on any atom is 0.407 e. The molecular weight excluding hydrogens is 592 g/mol. The molecule has 252 valence electrons. The van der Waals surface area contributed by atoms with Gasteiger partial charge in [-0.3, -0.25) is 4.79 Å². The SMILES string of the molecule is CCCCC(CC)COC(=O)CCSc1nn(C2CCCCO2)c2nc(N3CCC(C)(CNC(=O)OC(C)(C)C)CC3)cnc12. The molecular formula is C33H54N6O5S. The Morgan fingerprint density at radius 2 is 2.00 bits per heavy atom. The number of nitrogens with zero attached hydrogens (tertiary/aromatic N) is 5. The van der Waals surface area contributed by atoms with Gasteiger partial charge in [-0.25, -0.2) is 19.4 Å². The molecule has 0 aromatic carbocycles. The van der Waals surface area contributed by atoms with Gasteiger partial charge in [0, 0.05) is 32.0 Å². The van der Waals surface area contributed by atoms with E-state index in [0.29, 0.717) is 43.5 Å². The highest BCUT2D eigenvalue weighted by Gasteiger charge is 2.32. The maximum atomic E-state index is 12.5. The Bertz CT molecular complexity index is 1250. The van der Waals surface area contributed by atoms with Gasteiger partial charge in [0.1, 0.15) is 22.0 Å². The van der Waals surface area contributed by atoms with Crippen molar-refractivity contribution in [2.45, 2.75) is 123 Å². The molecule has 1 N–H and O–H groups in total. The maximum absolute atomic E-state index is 12.5. The molecule has 45 heavy (non-hydrogen) atoms. The average molecular weight is 647 g/mol. The van der Waals surface area contributed by atoms with Gasteiger partial charge in [-0.15, -0.1) is 11.8 Å². The van der Waals surface area contributed by atoms with Crippen LogP contribution in [-0.2, 0) is 19.0 Å². The molecule has 0 radical (unpaired) electrons. The Morgan fingerprint density at radius 1 is 1.22 bits per heavy atom. The van der Waals surface area contributed by atoms with Crippen LogP contribution in [0, 0.1) is 11.3 Å². The zero-order valence-electron chi connectivity index (χ0n) is 28.2. The smallest absolute Gasteiger partial charge is 0.407 e. The van der Waals surface area contributed by atoms with E-state index in [2.05, 4.69) is 31.0 Å². The zero-order chi connectivity index (χ0) is 32.5. The van der Waals surface area contributed by atoms with Crippen molar-refractivity contribution in [1.29, 1.82) is 0 Å². The summed E-state index contributed by atoms with van der Waals surface area (Å²) < 4.78 is 19.0. The van der Waals surface area contributed by atoms with E-state index >= 15 is 0 Å². The van der Waals surface area contributed by atoms with E-state index in [9.17, 15) is 9.59 Å². The summed E-state index contributed by atoms with van der Waals surface area (Å²) in [7, 11) is 0. The van der Waals surface area contributed by atoms with Crippen LogP contribution < -0.4 is 10.2 Å². The normalized spacial score (nSPS) is 19.3. The summed E-state index contributed by atoms with van der Waals surface area (Å²) in [5.74, 6) is 1.65. The van der Waals surface area contributed by atoms with Gasteiger partial charge in [0.05, 0.1) is 19.2 Å². The molecule has 2 fully saturated rings. The average Bonchev–Trinajstić information content (AvgIpc) is 3.38. The van der Waals surface area contributed by atoms with Crippen LogP contribution in [0.3, 0.4) is 0 Å². The van der Waals surface area contributed by atoms with E-state index in [0.717, 1.165) is 80.8 Å². The summed E-state index contributed by atoms with van der Waals surface area (Å²) in [6.07, 6.45) is 10.9. The number of piperidine rings is 1. The van der Waals surface area contributed by atoms with E-state index in [1.807, 2.05) is 31.6 Å². The quantitative estimate of drug-likeness (QED) is 0.171. The Balaban J connectivity index is 1.39. The number of carbonyl (C=O) groups is 2. The Kier molecular flexibility index (Phi) is 12.8. The van der Waals surface area contributed by atoms with Crippen molar-refractivity contribution in [3.8, 4) is 0 Å². The standard InChI is InChI=1S/C33H54N6O5S/c1-7-9-12-24(8-2)22-43-27(40)14-20-45-30-28-29(39(37-30)26-13-10-11-19-42-26)36-25(21-34-28)38-17-15-33(6,16-18-38)23-35-31(41)44-32(3,4)5/h21,24,26H,7-20,22-23H2,1-6H3,(H,35,41). The van der Waals surface area contributed by atoms with Crippen molar-refractivity contribution in [3.05, 3.63) is 6.20 Å². The molecule has 4 heterocycles. The van der Waals surface area contributed by atoms with Crippen molar-refractivity contribution in [2.24, 2.45) is 11.3 Å². The van der Waals surface area contributed by atoms with Crippen LogP contribution in [-0.4, -0.2) is 76.0 Å². The Labute approximate surface area is 272 Å². The van der Waals surface area contributed by atoms with Gasteiger partial charge in [0.15, 0.2) is 11.9 Å². The number of ether oxygens (including phenoxy) is 3. The number of esters is 1. The molecule has 4 rings (SSSR count). The van der Waals surface area contributed by atoms with Gasteiger partial charge >= 0.3 is 12.1 Å². The number of aromatic nitrogens is 4. The largest absolute Gasteiger partial charge is 0.465 e. The summed E-state index contributed by atoms with van der Waals surface area (Å²) in [6, 6.07) is 0. The monoisotopic (exact) mass is 646 g/mol. The van der Waals surface area contributed by atoms with Gasteiger partial charge in [-0.1, -0.05) is 40.0 Å². The minimum Gasteiger partial charge on any atom is -0.465 e. The van der Waals surface area contributed by atoms with Crippen molar-refractivity contribution >= 4 is 40.8 Å². The first-order valence-corrected chi connectivity index (χ1v) is 17.9. The molecule has 2 aliphatic heterocycles. The lowest BCUT2D eigenvalue weighted by Gasteiger charge is -2.40. The van der Waals surface area contributed by atoms with Gasteiger partial charge in [-0.05, 0) is 70.6 Å². The van der Waals surface area contributed by atoms with E-state index in [1.54, 1.807) is 0 Å². The topological polar surface area (TPSA) is 121 Å². The summed E-state index contributed by atoms with van der Waals surface area (Å²) in [4.78, 5) is 36.9. The molecule has 11 nitrogen and oxygen atoms in total. The molecule has 12 heteroatoms. The molecule has 0 aliphatic carbocycles. The molecule has 2 unspecified atom stereocenters. The molecule has 1 amide bonds. The highest BCUT2D eigenvalue weighted by atomic mass is 32.2. The Hall–Kier alpha value is -2.60.